The van der Waals surface area contributed by atoms with Crippen molar-refractivity contribution in [1.29, 1.82) is 0 Å². The molecule has 2 heteroatoms. The molecule has 0 aliphatic rings. The Labute approximate surface area is 64.1 Å². The van der Waals surface area contributed by atoms with Crippen molar-refractivity contribution < 1.29 is 5.11 Å². The summed E-state index contributed by atoms with van der Waals surface area (Å²) in [6.07, 6.45) is 5.07. The first kappa shape index (κ1) is 7.36. The average Bonchev–Trinajstić information content (AvgIpc) is 2.16. The van der Waals surface area contributed by atoms with Gasteiger partial charge in [0.2, 0.25) is 5.43 Å². The van der Waals surface area contributed by atoms with E-state index in [9.17, 15) is 4.79 Å². The molecule has 54 valence electrons. The molecule has 11 heavy (non-hydrogen) atoms. The molecule has 0 bridgehead atoms. The quantitative estimate of drug-likeness (QED) is 0.548. The maximum atomic E-state index is 10.8. The minimum absolute atomic E-state index is 0.286. The summed E-state index contributed by atoms with van der Waals surface area (Å²) in [5.41, 5.74) is 0.147. The maximum Gasteiger partial charge on any atom is 0.220 e. The van der Waals surface area contributed by atoms with Gasteiger partial charge in [-0.15, -0.1) is 6.42 Å². The van der Waals surface area contributed by atoms with Crippen LogP contribution in [0.2, 0.25) is 0 Å². The van der Waals surface area contributed by atoms with Crippen LogP contribution in [0.15, 0.2) is 29.1 Å². The summed E-state index contributed by atoms with van der Waals surface area (Å²) >= 11 is 0. The van der Waals surface area contributed by atoms with Gasteiger partial charge in [-0.1, -0.05) is 5.92 Å². The van der Waals surface area contributed by atoms with Crippen molar-refractivity contribution in [3.05, 3.63) is 40.1 Å². The van der Waals surface area contributed by atoms with Crippen LogP contribution >= 0.6 is 0 Å². The zero-order valence-corrected chi connectivity index (χ0v) is 5.74. The van der Waals surface area contributed by atoms with Gasteiger partial charge in [0, 0.05) is 5.56 Å². The highest BCUT2D eigenvalue weighted by Gasteiger charge is 1.90. The summed E-state index contributed by atoms with van der Waals surface area (Å²) in [5.74, 6) is 2.07. The van der Waals surface area contributed by atoms with Crippen molar-refractivity contribution >= 4 is 0 Å². The lowest BCUT2D eigenvalue weighted by Gasteiger charge is -1.76. The van der Waals surface area contributed by atoms with Crippen LogP contribution in [-0.4, -0.2) is 5.11 Å². The van der Waals surface area contributed by atoms with E-state index in [1.54, 1.807) is 0 Å². The minimum atomic E-state index is -0.425. The smallest absolute Gasteiger partial charge is 0.220 e. The summed E-state index contributed by atoms with van der Waals surface area (Å²) in [7, 11) is 0. The van der Waals surface area contributed by atoms with E-state index in [0.717, 1.165) is 0 Å². The van der Waals surface area contributed by atoms with Crippen molar-refractivity contribution in [2.24, 2.45) is 0 Å². The van der Waals surface area contributed by atoms with Gasteiger partial charge < -0.3 is 5.11 Å². The molecule has 1 N–H and O–H groups in total. The van der Waals surface area contributed by atoms with Crippen LogP contribution in [0.25, 0.3) is 0 Å². The zero-order chi connectivity index (χ0) is 8.27. The third-order valence-electron chi connectivity index (χ3n) is 1.25. The Bertz CT molecular complexity index is 361. The van der Waals surface area contributed by atoms with Gasteiger partial charge in [0.15, 0.2) is 5.75 Å². The van der Waals surface area contributed by atoms with Crippen molar-refractivity contribution in [3.63, 3.8) is 0 Å². The number of terminal acetylenes is 1. The summed E-state index contributed by atoms with van der Waals surface area (Å²) in [6.45, 7) is 0. The standard InChI is InChI=1S/C9H6O2/c1-2-7-3-5-8(10)9(11)6-4-7/h1,3-6H,(H,10,11). The van der Waals surface area contributed by atoms with Gasteiger partial charge in [-0.3, -0.25) is 4.79 Å². The van der Waals surface area contributed by atoms with E-state index in [0.29, 0.717) is 5.56 Å². The van der Waals surface area contributed by atoms with E-state index in [-0.39, 0.29) is 5.75 Å². The Morgan fingerprint density at radius 1 is 1.27 bits per heavy atom. The van der Waals surface area contributed by atoms with E-state index >= 15 is 0 Å². The first-order valence-corrected chi connectivity index (χ1v) is 3.04. The van der Waals surface area contributed by atoms with E-state index in [1.165, 1.54) is 24.3 Å². The molecule has 0 aliphatic carbocycles. The Hall–Kier alpha value is -1.75. The molecule has 1 aromatic rings. The van der Waals surface area contributed by atoms with E-state index in [4.69, 9.17) is 11.5 Å². The summed E-state index contributed by atoms with van der Waals surface area (Å²) < 4.78 is 0. The van der Waals surface area contributed by atoms with Gasteiger partial charge in [-0.05, 0) is 24.3 Å². The second-order valence-electron chi connectivity index (χ2n) is 2.02. The Morgan fingerprint density at radius 2 is 1.91 bits per heavy atom. The number of hydrogen-bond donors (Lipinski definition) is 1. The van der Waals surface area contributed by atoms with Gasteiger partial charge >= 0.3 is 0 Å². The molecule has 0 atom stereocenters. The predicted molar refractivity (Wildman–Crippen MR) is 42.3 cm³/mol. The summed E-state index contributed by atoms with van der Waals surface area (Å²) in [5, 5.41) is 8.92. The molecular weight excluding hydrogens is 140 g/mol. The third kappa shape index (κ3) is 1.59. The van der Waals surface area contributed by atoms with E-state index < -0.39 is 5.43 Å². The second-order valence-corrected chi connectivity index (χ2v) is 2.02. The Morgan fingerprint density at radius 3 is 2.55 bits per heavy atom. The lowest BCUT2D eigenvalue weighted by molar-refractivity contribution is 0.471. The molecule has 1 rings (SSSR count). The summed E-state index contributed by atoms with van der Waals surface area (Å²) in [6, 6.07) is 5.53. The fourth-order valence-corrected chi connectivity index (χ4v) is 0.653. The average molecular weight is 146 g/mol. The van der Waals surface area contributed by atoms with Crippen molar-refractivity contribution in [1.82, 2.24) is 0 Å². The van der Waals surface area contributed by atoms with E-state index in [2.05, 4.69) is 5.92 Å². The molecular formula is C9H6O2. The zero-order valence-electron chi connectivity index (χ0n) is 5.74. The number of hydrogen-bond acceptors (Lipinski definition) is 2. The highest BCUT2D eigenvalue weighted by Crippen LogP contribution is 1.99. The molecule has 0 aliphatic heterocycles. The maximum absolute atomic E-state index is 10.8. The minimum Gasteiger partial charge on any atom is -0.504 e. The van der Waals surface area contributed by atoms with Crippen LogP contribution in [-0.2, 0) is 0 Å². The van der Waals surface area contributed by atoms with Gasteiger partial charge in [0.1, 0.15) is 0 Å². The normalized spacial score (nSPS) is 8.64. The Balaban J connectivity index is 3.43. The topological polar surface area (TPSA) is 37.3 Å². The number of rotatable bonds is 0. The molecule has 0 aromatic heterocycles. The molecule has 0 unspecified atom stereocenters. The SMILES string of the molecule is C#Cc1ccc(O)c(=O)cc1. The van der Waals surface area contributed by atoms with Crippen LogP contribution in [0.4, 0.5) is 0 Å². The monoisotopic (exact) mass is 146 g/mol. The first-order chi connectivity index (χ1) is 5.24. The molecule has 0 radical (unpaired) electrons. The van der Waals surface area contributed by atoms with Crippen LogP contribution in [0.5, 0.6) is 5.75 Å². The van der Waals surface area contributed by atoms with Crippen LogP contribution in [0, 0.1) is 12.3 Å². The third-order valence-corrected chi connectivity index (χ3v) is 1.25. The molecule has 0 saturated heterocycles. The molecule has 0 spiro atoms. The van der Waals surface area contributed by atoms with E-state index in [1.807, 2.05) is 0 Å². The lowest BCUT2D eigenvalue weighted by Crippen LogP contribution is -1.91. The molecule has 1 aromatic carbocycles. The highest BCUT2D eigenvalue weighted by atomic mass is 16.3. The highest BCUT2D eigenvalue weighted by molar-refractivity contribution is 5.33. The molecule has 0 saturated carbocycles. The van der Waals surface area contributed by atoms with Gasteiger partial charge in [-0.25, -0.2) is 0 Å². The summed E-state index contributed by atoms with van der Waals surface area (Å²) in [4.78, 5) is 10.8. The van der Waals surface area contributed by atoms with Crippen molar-refractivity contribution in [3.8, 4) is 18.1 Å². The molecule has 2 nitrogen and oxygen atoms in total. The first-order valence-electron chi connectivity index (χ1n) is 3.04. The van der Waals surface area contributed by atoms with Crippen molar-refractivity contribution in [2.75, 3.05) is 0 Å². The van der Waals surface area contributed by atoms with Crippen LogP contribution < -0.4 is 5.43 Å². The molecule has 0 fully saturated rings. The van der Waals surface area contributed by atoms with Crippen LogP contribution in [0.3, 0.4) is 0 Å². The molecule has 0 heterocycles. The van der Waals surface area contributed by atoms with Crippen molar-refractivity contribution in [2.45, 2.75) is 0 Å². The number of aromatic hydroxyl groups is 1. The Kier molecular flexibility index (Phi) is 1.93. The van der Waals surface area contributed by atoms with Gasteiger partial charge in [0.25, 0.3) is 0 Å². The predicted octanol–water partition coefficient (Wildman–Crippen LogP) is 0.734. The second kappa shape index (κ2) is 2.89. The van der Waals surface area contributed by atoms with Crippen LogP contribution in [0.1, 0.15) is 5.56 Å². The molecule has 0 amide bonds. The lowest BCUT2D eigenvalue weighted by atomic mass is 10.3. The van der Waals surface area contributed by atoms with Gasteiger partial charge in [0.05, 0.1) is 0 Å². The fourth-order valence-electron chi connectivity index (χ4n) is 0.653. The van der Waals surface area contributed by atoms with Gasteiger partial charge in [-0.2, -0.15) is 0 Å². The largest absolute Gasteiger partial charge is 0.504 e. The fraction of sp³-hybridized carbons (Fsp3) is 0.